The molecule has 0 bridgehead atoms. The minimum Gasteiger partial charge on any atom is -0.497 e. The number of methoxy groups -OCH3 is 4. The zero-order valence-corrected chi connectivity index (χ0v) is 15.6. The highest BCUT2D eigenvalue weighted by Gasteiger charge is 2.18. The number of ether oxygens (including phenoxy) is 4. The third-order valence-electron chi connectivity index (χ3n) is 3.73. The van der Waals surface area contributed by atoms with Gasteiger partial charge in [0.25, 0.3) is 0 Å². The second kappa shape index (κ2) is 9.28. The van der Waals surface area contributed by atoms with Gasteiger partial charge in [-0.15, -0.1) is 0 Å². The fraction of sp³-hybridized carbons (Fsp3) is 0.200. The van der Waals surface area contributed by atoms with Crippen LogP contribution in [-0.2, 0) is 9.53 Å². The molecule has 0 aliphatic rings. The summed E-state index contributed by atoms with van der Waals surface area (Å²) in [6, 6.07) is 10.2. The molecular weight excluding hydrogens is 350 g/mol. The normalized spacial score (nSPS) is 10.4. The Morgan fingerprint density at radius 2 is 1.52 bits per heavy atom. The van der Waals surface area contributed by atoms with Crippen molar-refractivity contribution < 1.29 is 28.5 Å². The molecule has 0 heterocycles. The van der Waals surface area contributed by atoms with E-state index in [4.69, 9.17) is 18.9 Å². The summed E-state index contributed by atoms with van der Waals surface area (Å²) in [6.07, 6.45) is 3.01. The van der Waals surface area contributed by atoms with Crippen LogP contribution in [0.5, 0.6) is 17.2 Å². The molecule has 0 saturated heterocycles. The number of esters is 1. The molecule has 0 spiro atoms. The number of amides is 1. The lowest BCUT2D eigenvalue weighted by Gasteiger charge is -2.14. The van der Waals surface area contributed by atoms with E-state index in [-0.39, 0.29) is 11.3 Å². The molecule has 0 atom stereocenters. The van der Waals surface area contributed by atoms with Crippen LogP contribution >= 0.6 is 0 Å². The Morgan fingerprint density at radius 3 is 2.07 bits per heavy atom. The van der Waals surface area contributed by atoms with Gasteiger partial charge in [-0.05, 0) is 23.8 Å². The Balaban J connectivity index is 2.24. The van der Waals surface area contributed by atoms with E-state index in [9.17, 15) is 9.59 Å². The molecule has 7 nitrogen and oxygen atoms in total. The SMILES string of the molecule is COC(=O)c1cc(OC)c(OC)cc1NC(=O)/C=C\c1ccc(OC)cc1. The smallest absolute Gasteiger partial charge is 0.340 e. The van der Waals surface area contributed by atoms with Crippen molar-refractivity contribution in [2.24, 2.45) is 0 Å². The van der Waals surface area contributed by atoms with Crippen LogP contribution in [0.4, 0.5) is 5.69 Å². The summed E-state index contributed by atoms with van der Waals surface area (Å²) in [5.41, 5.74) is 1.23. The maximum absolute atomic E-state index is 12.3. The summed E-state index contributed by atoms with van der Waals surface area (Å²) in [5, 5.41) is 2.66. The van der Waals surface area contributed by atoms with Crippen molar-refractivity contribution in [1.29, 1.82) is 0 Å². The predicted molar refractivity (Wildman–Crippen MR) is 102 cm³/mol. The first-order valence-corrected chi connectivity index (χ1v) is 7.99. The van der Waals surface area contributed by atoms with Crippen molar-refractivity contribution in [1.82, 2.24) is 0 Å². The van der Waals surface area contributed by atoms with E-state index in [1.807, 2.05) is 12.1 Å². The van der Waals surface area contributed by atoms with Gasteiger partial charge >= 0.3 is 5.97 Å². The number of carbonyl (C=O) groups excluding carboxylic acids is 2. The average molecular weight is 371 g/mol. The summed E-state index contributed by atoms with van der Waals surface area (Å²) < 4.78 is 20.3. The van der Waals surface area contributed by atoms with Crippen molar-refractivity contribution >= 4 is 23.6 Å². The van der Waals surface area contributed by atoms with Gasteiger partial charge in [-0.1, -0.05) is 12.1 Å². The van der Waals surface area contributed by atoms with Gasteiger partial charge in [0.15, 0.2) is 11.5 Å². The molecule has 0 aliphatic heterocycles. The number of benzene rings is 2. The molecule has 0 radical (unpaired) electrons. The molecule has 142 valence electrons. The van der Waals surface area contributed by atoms with Crippen LogP contribution in [0, 0.1) is 0 Å². The maximum Gasteiger partial charge on any atom is 0.340 e. The van der Waals surface area contributed by atoms with Crippen LogP contribution in [0.1, 0.15) is 15.9 Å². The Hall–Kier alpha value is -3.48. The summed E-state index contributed by atoms with van der Waals surface area (Å²) in [7, 11) is 5.76. The monoisotopic (exact) mass is 371 g/mol. The number of rotatable bonds is 7. The molecule has 2 aromatic carbocycles. The van der Waals surface area contributed by atoms with Gasteiger partial charge in [0, 0.05) is 18.2 Å². The highest BCUT2D eigenvalue weighted by Crippen LogP contribution is 2.33. The molecule has 7 heteroatoms. The van der Waals surface area contributed by atoms with Crippen LogP contribution in [0.3, 0.4) is 0 Å². The highest BCUT2D eigenvalue weighted by molar-refractivity contribution is 6.07. The van der Waals surface area contributed by atoms with E-state index < -0.39 is 11.9 Å². The molecular formula is C20H21NO6. The number of nitrogens with one attached hydrogen (secondary N) is 1. The second-order valence-corrected chi connectivity index (χ2v) is 5.34. The lowest BCUT2D eigenvalue weighted by Crippen LogP contribution is -2.13. The molecule has 1 amide bonds. The van der Waals surface area contributed by atoms with Gasteiger partial charge in [0.2, 0.25) is 5.91 Å². The Morgan fingerprint density at radius 1 is 0.889 bits per heavy atom. The van der Waals surface area contributed by atoms with Gasteiger partial charge in [0.1, 0.15) is 5.75 Å². The molecule has 0 fully saturated rings. The van der Waals surface area contributed by atoms with Crippen LogP contribution in [0.2, 0.25) is 0 Å². The third kappa shape index (κ3) is 5.01. The number of carbonyl (C=O) groups is 2. The van der Waals surface area contributed by atoms with E-state index in [2.05, 4.69) is 5.32 Å². The zero-order chi connectivity index (χ0) is 19.8. The molecule has 2 aromatic rings. The average Bonchev–Trinajstić information content (AvgIpc) is 2.71. The summed E-state index contributed by atoms with van der Waals surface area (Å²) >= 11 is 0. The first-order valence-electron chi connectivity index (χ1n) is 7.99. The summed E-state index contributed by atoms with van der Waals surface area (Å²) in [5.74, 6) is 0.433. The number of anilines is 1. The van der Waals surface area contributed by atoms with E-state index >= 15 is 0 Å². The minimum absolute atomic E-state index is 0.154. The van der Waals surface area contributed by atoms with Gasteiger partial charge in [-0.3, -0.25) is 4.79 Å². The van der Waals surface area contributed by atoms with Crippen molar-refractivity contribution in [3.8, 4) is 17.2 Å². The van der Waals surface area contributed by atoms with Crippen LogP contribution in [0.15, 0.2) is 42.5 Å². The van der Waals surface area contributed by atoms with Crippen molar-refractivity contribution in [2.75, 3.05) is 33.8 Å². The van der Waals surface area contributed by atoms with Crippen molar-refractivity contribution in [3.63, 3.8) is 0 Å². The Labute approximate surface area is 157 Å². The third-order valence-corrected chi connectivity index (χ3v) is 3.73. The summed E-state index contributed by atoms with van der Waals surface area (Å²) in [4.78, 5) is 24.3. The van der Waals surface area contributed by atoms with Crippen molar-refractivity contribution in [2.45, 2.75) is 0 Å². The highest BCUT2D eigenvalue weighted by atomic mass is 16.5. The Bertz CT molecular complexity index is 842. The van der Waals surface area contributed by atoms with Crippen LogP contribution in [-0.4, -0.2) is 40.3 Å². The van der Waals surface area contributed by atoms with Gasteiger partial charge in [0.05, 0.1) is 39.7 Å². The lowest BCUT2D eigenvalue weighted by atomic mass is 10.1. The predicted octanol–water partition coefficient (Wildman–Crippen LogP) is 3.15. The van der Waals surface area contributed by atoms with Gasteiger partial charge < -0.3 is 24.3 Å². The fourth-order valence-electron chi connectivity index (χ4n) is 2.32. The molecule has 2 rings (SSSR count). The van der Waals surface area contributed by atoms with E-state index in [0.29, 0.717) is 11.5 Å². The van der Waals surface area contributed by atoms with Crippen LogP contribution in [0.25, 0.3) is 6.08 Å². The molecule has 0 unspecified atom stereocenters. The van der Waals surface area contributed by atoms with Crippen LogP contribution < -0.4 is 19.5 Å². The quantitative estimate of drug-likeness (QED) is 0.595. The van der Waals surface area contributed by atoms with Gasteiger partial charge in [-0.25, -0.2) is 4.79 Å². The minimum atomic E-state index is -0.606. The van der Waals surface area contributed by atoms with E-state index in [0.717, 1.165) is 11.3 Å². The number of hydrogen-bond acceptors (Lipinski definition) is 6. The first-order chi connectivity index (χ1) is 13.0. The molecule has 0 aromatic heterocycles. The number of hydrogen-bond donors (Lipinski definition) is 1. The van der Waals surface area contributed by atoms with E-state index in [1.54, 1.807) is 25.3 Å². The topological polar surface area (TPSA) is 83.1 Å². The second-order valence-electron chi connectivity index (χ2n) is 5.34. The summed E-state index contributed by atoms with van der Waals surface area (Å²) in [6.45, 7) is 0. The molecule has 0 saturated carbocycles. The standard InChI is InChI=1S/C20H21NO6/c1-24-14-8-5-13(6-9-14)7-10-19(22)21-16-12-18(26-3)17(25-2)11-15(16)20(23)27-4/h5-12H,1-4H3,(H,21,22)/b10-7-. The molecule has 0 aliphatic carbocycles. The largest absolute Gasteiger partial charge is 0.497 e. The molecule has 1 N–H and O–H groups in total. The van der Waals surface area contributed by atoms with Crippen molar-refractivity contribution in [3.05, 3.63) is 53.6 Å². The first kappa shape index (κ1) is 19.8. The lowest BCUT2D eigenvalue weighted by molar-refractivity contribution is -0.111. The maximum atomic E-state index is 12.3. The molecule has 27 heavy (non-hydrogen) atoms. The fourth-order valence-corrected chi connectivity index (χ4v) is 2.32. The zero-order valence-electron chi connectivity index (χ0n) is 15.6. The Kier molecular flexibility index (Phi) is 6.82. The van der Waals surface area contributed by atoms with Gasteiger partial charge in [-0.2, -0.15) is 0 Å². The van der Waals surface area contributed by atoms with E-state index in [1.165, 1.54) is 39.5 Å².